The number of esters is 1. The first-order valence-corrected chi connectivity index (χ1v) is 8.87. The summed E-state index contributed by atoms with van der Waals surface area (Å²) in [5.41, 5.74) is 2.24. The predicted molar refractivity (Wildman–Crippen MR) is 103 cm³/mol. The molecule has 6 heteroatoms. The van der Waals surface area contributed by atoms with Gasteiger partial charge in [0.25, 0.3) is 11.8 Å². The molecule has 6 nitrogen and oxygen atoms in total. The van der Waals surface area contributed by atoms with Gasteiger partial charge in [-0.15, -0.1) is 0 Å². The number of aryl methyl sites for hydroxylation is 1. The highest BCUT2D eigenvalue weighted by Gasteiger charge is 2.23. The van der Waals surface area contributed by atoms with Crippen LogP contribution in [0.25, 0.3) is 0 Å². The van der Waals surface area contributed by atoms with Crippen LogP contribution < -0.4 is 10.6 Å². The molecule has 0 aliphatic carbocycles. The van der Waals surface area contributed by atoms with Crippen molar-refractivity contribution in [2.75, 3.05) is 5.32 Å². The van der Waals surface area contributed by atoms with Crippen LogP contribution in [0.3, 0.4) is 0 Å². The third-order valence-electron chi connectivity index (χ3n) is 4.03. The average molecular weight is 368 g/mol. The normalized spacial score (nSPS) is 12.6. The topological polar surface area (TPSA) is 84.5 Å². The molecule has 2 aromatic rings. The molecule has 2 atom stereocenters. The highest BCUT2D eigenvalue weighted by molar-refractivity contribution is 5.98. The molecular formula is C21H24N2O4. The molecule has 2 aromatic carbocycles. The highest BCUT2D eigenvalue weighted by Crippen LogP contribution is 2.11. The summed E-state index contributed by atoms with van der Waals surface area (Å²) < 4.78 is 5.16. The second kappa shape index (κ2) is 9.52. The van der Waals surface area contributed by atoms with Gasteiger partial charge in [0.2, 0.25) is 0 Å². The van der Waals surface area contributed by atoms with Gasteiger partial charge < -0.3 is 15.4 Å². The maximum atomic E-state index is 12.2. The van der Waals surface area contributed by atoms with Crippen LogP contribution in [-0.4, -0.2) is 29.9 Å². The van der Waals surface area contributed by atoms with E-state index in [0.29, 0.717) is 11.3 Å². The molecule has 2 N–H and O–H groups in total. The number of anilines is 1. The lowest BCUT2D eigenvalue weighted by molar-refractivity contribution is -0.154. The number of rotatable bonds is 7. The largest absolute Gasteiger partial charge is 0.451 e. The highest BCUT2D eigenvalue weighted by atomic mass is 16.5. The van der Waals surface area contributed by atoms with Gasteiger partial charge in [-0.25, -0.2) is 4.79 Å². The summed E-state index contributed by atoms with van der Waals surface area (Å²) in [6, 6.07) is 15.1. The zero-order valence-electron chi connectivity index (χ0n) is 15.7. The standard InChI is InChI=1S/C21H24N2O4/c1-4-16-10-12-18(13-11-16)23-19(24)15(3)27-21(26)14(2)22-20(25)17-8-6-5-7-9-17/h5-15H,4H2,1-3H3,(H,22,25)(H,23,24)/t14-,15-/m0/s1. The first-order chi connectivity index (χ1) is 12.9. The molecule has 0 saturated carbocycles. The summed E-state index contributed by atoms with van der Waals surface area (Å²) in [5.74, 6) is -1.49. The number of hydrogen-bond donors (Lipinski definition) is 2. The molecule has 0 spiro atoms. The molecule has 0 radical (unpaired) electrons. The van der Waals surface area contributed by atoms with E-state index in [0.717, 1.165) is 12.0 Å². The second-order valence-corrected chi connectivity index (χ2v) is 6.18. The van der Waals surface area contributed by atoms with Crippen molar-refractivity contribution in [3.05, 3.63) is 65.7 Å². The number of ether oxygens (including phenoxy) is 1. The van der Waals surface area contributed by atoms with E-state index in [1.54, 1.807) is 42.5 Å². The maximum Gasteiger partial charge on any atom is 0.329 e. The molecule has 0 aliphatic heterocycles. The summed E-state index contributed by atoms with van der Waals surface area (Å²) >= 11 is 0. The van der Waals surface area contributed by atoms with Crippen LogP contribution in [0.15, 0.2) is 54.6 Å². The average Bonchev–Trinajstić information content (AvgIpc) is 2.68. The SMILES string of the molecule is CCc1ccc(NC(=O)[C@H](C)OC(=O)[C@H](C)NC(=O)c2ccccc2)cc1. The Morgan fingerprint density at radius 3 is 2.19 bits per heavy atom. The lowest BCUT2D eigenvalue weighted by Crippen LogP contribution is -2.42. The van der Waals surface area contributed by atoms with Gasteiger partial charge in [0.05, 0.1) is 0 Å². The van der Waals surface area contributed by atoms with E-state index in [9.17, 15) is 14.4 Å². The van der Waals surface area contributed by atoms with E-state index in [-0.39, 0.29) is 5.91 Å². The summed E-state index contributed by atoms with van der Waals surface area (Å²) in [6.07, 6.45) is -0.0751. The van der Waals surface area contributed by atoms with Crippen LogP contribution in [0.5, 0.6) is 0 Å². The number of nitrogens with one attached hydrogen (secondary N) is 2. The molecule has 0 fully saturated rings. The van der Waals surface area contributed by atoms with Crippen molar-refractivity contribution in [2.45, 2.75) is 39.3 Å². The van der Waals surface area contributed by atoms with Crippen LogP contribution in [-0.2, 0) is 20.7 Å². The van der Waals surface area contributed by atoms with E-state index < -0.39 is 24.0 Å². The van der Waals surface area contributed by atoms with E-state index in [1.165, 1.54) is 13.8 Å². The Morgan fingerprint density at radius 2 is 1.59 bits per heavy atom. The lowest BCUT2D eigenvalue weighted by atomic mass is 10.1. The van der Waals surface area contributed by atoms with Crippen molar-refractivity contribution in [3.8, 4) is 0 Å². The molecule has 0 heterocycles. The summed E-state index contributed by atoms with van der Waals surface area (Å²) in [6.45, 7) is 5.05. The number of amides is 2. The van der Waals surface area contributed by atoms with Crippen molar-refractivity contribution in [1.29, 1.82) is 0 Å². The Kier molecular flexibility index (Phi) is 7.11. The number of hydrogen-bond acceptors (Lipinski definition) is 4. The van der Waals surface area contributed by atoms with Crippen molar-refractivity contribution >= 4 is 23.5 Å². The molecule has 2 amide bonds. The van der Waals surface area contributed by atoms with Crippen molar-refractivity contribution in [3.63, 3.8) is 0 Å². The van der Waals surface area contributed by atoms with E-state index in [1.807, 2.05) is 19.1 Å². The van der Waals surface area contributed by atoms with E-state index >= 15 is 0 Å². The second-order valence-electron chi connectivity index (χ2n) is 6.18. The van der Waals surface area contributed by atoms with Gasteiger partial charge in [-0.05, 0) is 50.1 Å². The smallest absolute Gasteiger partial charge is 0.329 e. The minimum Gasteiger partial charge on any atom is -0.451 e. The number of carbonyl (C=O) groups is 3. The van der Waals surface area contributed by atoms with Crippen molar-refractivity contribution in [1.82, 2.24) is 5.32 Å². The third-order valence-corrected chi connectivity index (χ3v) is 4.03. The third kappa shape index (κ3) is 5.95. The molecule has 142 valence electrons. The minimum absolute atomic E-state index is 0.381. The van der Waals surface area contributed by atoms with Gasteiger partial charge in [0.15, 0.2) is 6.10 Å². The zero-order valence-corrected chi connectivity index (χ0v) is 15.7. The van der Waals surface area contributed by atoms with E-state index in [4.69, 9.17) is 4.74 Å². The Hall–Kier alpha value is -3.15. The fraction of sp³-hybridized carbons (Fsp3) is 0.286. The van der Waals surface area contributed by atoms with Crippen molar-refractivity contribution < 1.29 is 19.1 Å². The first kappa shape index (κ1) is 20.2. The molecule has 0 unspecified atom stereocenters. The van der Waals surface area contributed by atoms with Crippen LogP contribution >= 0.6 is 0 Å². The molecule has 27 heavy (non-hydrogen) atoms. The molecule has 0 bridgehead atoms. The molecule has 0 saturated heterocycles. The van der Waals surface area contributed by atoms with Gasteiger partial charge in [0, 0.05) is 11.3 Å². The van der Waals surface area contributed by atoms with Gasteiger partial charge >= 0.3 is 5.97 Å². The predicted octanol–water partition coefficient (Wildman–Crippen LogP) is 2.94. The number of carbonyl (C=O) groups excluding carboxylic acids is 3. The van der Waals surface area contributed by atoms with Gasteiger partial charge in [-0.3, -0.25) is 9.59 Å². The van der Waals surface area contributed by atoms with Crippen LogP contribution in [0.2, 0.25) is 0 Å². The summed E-state index contributed by atoms with van der Waals surface area (Å²) in [7, 11) is 0. The number of benzene rings is 2. The minimum atomic E-state index is -0.987. The van der Waals surface area contributed by atoms with Gasteiger partial charge in [-0.2, -0.15) is 0 Å². The summed E-state index contributed by atoms with van der Waals surface area (Å²) in [4.78, 5) is 36.4. The van der Waals surface area contributed by atoms with Gasteiger partial charge in [-0.1, -0.05) is 37.3 Å². The fourth-order valence-corrected chi connectivity index (χ4v) is 2.33. The Labute approximate surface area is 158 Å². The Bertz CT molecular complexity index is 788. The van der Waals surface area contributed by atoms with Crippen LogP contribution in [0, 0.1) is 0 Å². The first-order valence-electron chi connectivity index (χ1n) is 8.87. The monoisotopic (exact) mass is 368 g/mol. The van der Waals surface area contributed by atoms with Crippen molar-refractivity contribution in [2.24, 2.45) is 0 Å². The molecule has 0 aliphatic rings. The Balaban J connectivity index is 1.85. The molecule has 0 aromatic heterocycles. The zero-order chi connectivity index (χ0) is 19.8. The Morgan fingerprint density at radius 1 is 0.963 bits per heavy atom. The van der Waals surface area contributed by atoms with E-state index in [2.05, 4.69) is 10.6 Å². The van der Waals surface area contributed by atoms with Gasteiger partial charge in [0.1, 0.15) is 6.04 Å². The van der Waals surface area contributed by atoms with Crippen LogP contribution in [0.1, 0.15) is 36.7 Å². The quantitative estimate of drug-likeness (QED) is 0.736. The fourth-order valence-electron chi connectivity index (χ4n) is 2.33. The maximum absolute atomic E-state index is 12.2. The molecule has 2 rings (SSSR count). The lowest BCUT2D eigenvalue weighted by Gasteiger charge is -2.17. The molecular weight excluding hydrogens is 344 g/mol. The van der Waals surface area contributed by atoms with Crippen LogP contribution in [0.4, 0.5) is 5.69 Å². The summed E-state index contributed by atoms with van der Waals surface area (Å²) in [5, 5.41) is 5.26.